The van der Waals surface area contributed by atoms with E-state index in [1.165, 1.54) is 6.20 Å². The van der Waals surface area contributed by atoms with Crippen LogP contribution < -0.4 is 16.0 Å². The van der Waals surface area contributed by atoms with Crippen molar-refractivity contribution in [2.75, 3.05) is 10.6 Å². The normalized spacial score (nSPS) is 11.7. The van der Waals surface area contributed by atoms with Gasteiger partial charge < -0.3 is 25.5 Å². The molecule has 36 heavy (non-hydrogen) atoms. The molecule has 0 aliphatic heterocycles. The van der Waals surface area contributed by atoms with Crippen molar-refractivity contribution in [2.24, 2.45) is 5.92 Å². The van der Waals surface area contributed by atoms with Gasteiger partial charge in [-0.05, 0) is 55.0 Å². The number of amides is 3. The molecule has 0 aliphatic carbocycles. The van der Waals surface area contributed by atoms with E-state index in [2.05, 4.69) is 20.9 Å². The van der Waals surface area contributed by atoms with Crippen LogP contribution >= 0.6 is 0 Å². The van der Waals surface area contributed by atoms with Crippen molar-refractivity contribution in [3.8, 4) is 0 Å². The van der Waals surface area contributed by atoms with Crippen LogP contribution in [0.15, 0.2) is 53.1 Å². The van der Waals surface area contributed by atoms with E-state index in [-0.39, 0.29) is 36.5 Å². The molecule has 0 radical (unpaired) electrons. The highest BCUT2D eigenvalue weighted by atomic mass is 16.4. The van der Waals surface area contributed by atoms with Gasteiger partial charge in [0.25, 0.3) is 0 Å². The molecule has 3 aromatic rings. The highest BCUT2D eigenvalue weighted by molar-refractivity contribution is 6.00. The quantitative estimate of drug-likeness (QED) is 0.314. The molecule has 0 saturated heterocycles. The van der Waals surface area contributed by atoms with Crippen LogP contribution in [0.1, 0.15) is 54.7 Å². The molecule has 3 amide bonds. The van der Waals surface area contributed by atoms with Gasteiger partial charge in [-0.3, -0.25) is 9.59 Å². The first-order chi connectivity index (χ1) is 17.1. The van der Waals surface area contributed by atoms with Gasteiger partial charge in [0, 0.05) is 11.4 Å². The van der Waals surface area contributed by atoms with Crippen molar-refractivity contribution < 1.29 is 23.9 Å². The lowest BCUT2D eigenvalue weighted by Crippen LogP contribution is -2.31. The number of urea groups is 1. The van der Waals surface area contributed by atoms with Gasteiger partial charge in [0.15, 0.2) is 0 Å². The number of oxazole rings is 1. The standard InChI is InChI=1S/C27H32N4O5/c1-16(2)11-23(26-28-15-20(36-26)14-25(33)34)29-24(32)13-19-9-10-22(18(4)12-19)31-27(35)30-21-8-6-5-7-17(21)3/h5-10,12,15-16,23H,11,13-14H2,1-4H3,(H,29,32)(H,33,34)(H2,30,31,35). The summed E-state index contributed by atoms with van der Waals surface area (Å²) in [6.45, 7) is 7.82. The third-order valence-electron chi connectivity index (χ3n) is 5.53. The summed E-state index contributed by atoms with van der Waals surface area (Å²) in [4.78, 5) is 40.3. The molecule has 2 aromatic carbocycles. The summed E-state index contributed by atoms with van der Waals surface area (Å²) >= 11 is 0. The first-order valence-corrected chi connectivity index (χ1v) is 11.8. The second-order valence-electron chi connectivity index (χ2n) is 9.21. The van der Waals surface area contributed by atoms with Crippen LogP contribution in [0.3, 0.4) is 0 Å². The fraction of sp³-hybridized carbons (Fsp3) is 0.333. The summed E-state index contributed by atoms with van der Waals surface area (Å²) in [6, 6.07) is 12.1. The minimum absolute atomic E-state index is 0.133. The van der Waals surface area contributed by atoms with Gasteiger partial charge in [0.1, 0.15) is 18.2 Å². The number of carbonyl (C=O) groups excluding carboxylic acids is 2. The summed E-state index contributed by atoms with van der Waals surface area (Å²) in [5, 5.41) is 17.6. The largest absolute Gasteiger partial charge is 0.481 e. The zero-order chi connectivity index (χ0) is 26.2. The second-order valence-corrected chi connectivity index (χ2v) is 9.21. The lowest BCUT2D eigenvalue weighted by molar-refractivity contribution is -0.136. The van der Waals surface area contributed by atoms with Crippen LogP contribution in [0.2, 0.25) is 0 Å². The number of hydrogen-bond donors (Lipinski definition) is 4. The number of hydrogen-bond acceptors (Lipinski definition) is 5. The van der Waals surface area contributed by atoms with Crippen LogP contribution in [0, 0.1) is 19.8 Å². The van der Waals surface area contributed by atoms with E-state index < -0.39 is 12.0 Å². The highest BCUT2D eigenvalue weighted by Crippen LogP contribution is 2.23. The number of para-hydroxylation sites is 1. The van der Waals surface area contributed by atoms with E-state index in [0.29, 0.717) is 18.0 Å². The number of carboxylic acid groups (broad SMARTS) is 1. The number of nitrogens with zero attached hydrogens (tertiary/aromatic N) is 1. The maximum atomic E-state index is 12.8. The number of benzene rings is 2. The molecule has 0 spiro atoms. The molecule has 1 aromatic heterocycles. The molecule has 190 valence electrons. The highest BCUT2D eigenvalue weighted by Gasteiger charge is 2.22. The van der Waals surface area contributed by atoms with E-state index in [1.807, 2.05) is 58.0 Å². The first-order valence-electron chi connectivity index (χ1n) is 11.8. The van der Waals surface area contributed by atoms with Crippen molar-refractivity contribution in [3.63, 3.8) is 0 Å². The summed E-state index contributed by atoms with van der Waals surface area (Å²) in [5.41, 5.74) is 3.96. The molecular formula is C27H32N4O5. The number of carbonyl (C=O) groups is 3. The molecule has 9 heteroatoms. The molecule has 1 unspecified atom stereocenters. The number of anilines is 2. The Balaban J connectivity index is 1.62. The van der Waals surface area contributed by atoms with Crippen molar-refractivity contribution in [3.05, 3.63) is 77.0 Å². The molecular weight excluding hydrogens is 460 g/mol. The topological polar surface area (TPSA) is 134 Å². The van der Waals surface area contributed by atoms with Crippen molar-refractivity contribution in [1.82, 2.24) is 10.3 Å². The molecule has 0 saturated carbocycles. The van der Waals surface area contributed by atoms with Crippen LogP contribution in [0.25, 0.3) is 0 Å². The zero-order valence-electron chi connectivity index (χ0n) is 20.9. The summed E-state index contributed by atoms with van der Waals surface area (Å²) in [5.74, 6) is -0.433. The van der Waals surface area contributed by atoms with Crippen LogP contribution in [-0.2, 0) is 22.4 Å². The third-order valence-corrected chi connectivity index (χ3v) is 5.53. The fourth-order valence-electron chi connectivity index (χ4n) is 3.80. The maximum absolute atomic E-state index is 12.8. The van der Waals surface area contributed by atoms with Gasteiger partial charge in [-0.2, -0.15) is 0 Å². The average Bonchev–Trinajstić information content (AvgIpc) is 3.24. The van der Waals surface area contributed by atoms with E-state index in [4.69, 9.17) is 9.52 Å². The van der Waals surface area contributed by atoms with Crippen molar-refractivity contribution >= 4 is 29.3 Å². The van der Waals surface area contributed by atoms with E-state index in [9.17, 15) is 14.4 Å². The zero-order valence-corrected chi connectivity index (χ0v) is 20.9. The SMILES string of the molecule is Cc1ccccc1NC(=O)Nc1ccc(CC(=O)NC(CC(C)C)c2ncc(CC(=O)O)o2)cc1C. The van der Waals surface area contributed by atoms with Gasteiger partial charge in [0.05, 0.1) is 12.6 Å². The Kier molecular flexibility index (Phi) is 8.83. The van der Waals surface area contributed by atoms with Gasteiger partial charge in [-0.25, -0.2) is 9.78 Å². The molecule has 0 bridgehead atoms. The molecule has 0 fully saturated rings. The van der Waals surface area contributed by atoms with E-state index in [0.717, 1.165) is 22.4 Å². The second kappa shape index (κ2) is 12.0. The Morgan fingerprint density at radius 2 is 1.67 bits per heavy atom. The van der Waals surface area contributed by atoms with E-state index >= 15 is 0 Å². The first kappa shape index (κ1) is 26.5. The Hall–Kier alpha value is -4.14. The Bertz CT molecular complexity index is 1230. The van der Waals surface area contributed by atoms with Gasteiger partial charge >= 0.3 is 12.0 Å². The number of aliphatic carboxylic acids is 1. The Labute approximate surface area is 210 Å². The number of nitrogens with one attached hydrogen (secondary N) is 3. The monoisotopic (exact) mass is 492 g/mol. The summed E-state index contributed by atoms with van der Waals surface area (Å²) in [6.07, 6.45) is 1.84. The fourth-order valence-corrected chi connectivity index (χ4v) is 3.80. The maximum Gasteiger partial charge on any atom is 0.323 e. The Morgan fingerprint density at radius 1 is 0.972 bits per heavy atom. The lowest BCUT2D eigenvalue weighted by Gasteiger charge is -2.18. The average molecular weight is 493 g/mol. The minimum atomic E-state index is -1.01. The predicted octanol–water partition coefficient (Wildman–Crippen LogP) is 5.01. The molecule has 9 nitrogen and oxygen atoms in total. The summed E-state index contributed by atoms with van der Waals surface area (Å²) < 4.78 is 5.58. The number of aromatic nitrogens is 1. The smallest absolute Gasteiger partial charge is 0.323 e. The molecule has 4 N–H and O–H groups in total. The molecule has 1 atom stereocenters. The van der Waals surface area contributed by atoms with Gasteiger partial charge in [0.2, 0.25) is 11.8 Å². The molecule has 3 rings (SSSR count). The third kappa shape index (κ3) is 7.69. The molecule has 1 heterocycles. The minimum Gasteiger partial charge on any atom is -0.481 e. The van der Waals surface area contributed by atoms with Gasteiger partial charge in [-0.15, -0.1) is 0 Å². The van der Waals surface area contributed by atoms with Crippen molar-refractivity contribution in [1.29, 1.82) is 0 Å². The lowest BCUT2D eigenvalue weighted by atomic mass is 10.0. The number of rotatable bonds is 10. The number of carboxylic acids is 1. The van der Waals surface area contributed by atoms with Crippen LogP contribution in [0.4, 0.5) is 16.2 Å². The van der Waals surface area contributed by atoms with Crippen molar-refractivity contribution in [2.45, 2.75) is 53.0 Å². The van der Waals surface area contributed by atoms with E-state index in [1.54, 1.807) is 12.1 Å². The summed E-state index contributed by atoms with van der Waals surface area (Å²) in [7, 11) is 0. The molecule has 0 aliphatic rings. The predicted molar refractivity (Wildman–Crippen MR) is 137 cm³/mol. The Morgan fingerprint density at radius 3 is 2.31 bits per heavy atom. The van der Waals surface area contributed by atoms with Crippen LogP contribution in [-0.4, -0.2) is 28.0 Å². The van der Waals surface area contributed by atoms with Gasteiger partial charge in [-0.1, -0.05) is 44.2 Å². The number of aryl methyl sites for hydroxylation is 2. The van der Waals surface area contributed by atoms with Crippen LogP contribution in [0.5, 0.6) is 0 Å².